The van der Waals surface area contributed by atoms with Crippen LogP contribution in [0, 0.1) is 26.2 Å². The van der Waals surface area contributed by atoms with Gasteiger partial charge in [0.1, 0.15) is 18.2 Å². The first-order valence-electron chi connectivity index (χ1n) is 6.72. The van der Waals surface area contributed by atoms with Gasteiger partial charge in [-0.05, 0) is 55.7 Å². The number of rotatable bonds is 4. The summed E-state index contributed by atoms with van der Waals surface area (Å²) in [6.45, 7) is 6.65. The van der Waals surface area contributed by atoms with Crippen molar-refractivity contribution in [3.8, 4) is 5.75 Å². The molecule has 0 aliphatic heterocycles. The van der Waals surface area contributed by atoms with E-state index in [1.165, 1.54) is 16.7 Å². The molecule has 0 spiro atoms. The standard InChI is InChI=1S/C17H19ClN2O/c1-10-6-11(2)15(12(3)7-10)9-21-16-8-13(18)4-5-14(16)17(19)20/h4-8H,9H2,1-3H3,(H3,19,20). The highest BCUT2D eigenvalue weighted by molar-refractivity contribution is 6.30. The molecular formula is C17H19ClN2O. The quantitative estimate of drug-likeness (QED) is 0.659. The maximum Gasteiger partial charge on any atom is 0.132 e. The Kier molecular flexibility index (Phi) is 4.53. The molecule has 0 saturated carbocycles. The van der Waals surface area contributed by atoms with Crippen molar-refractivity contribution < 1.29 is 4.74 Å². The minimum absolute atomic E-state index is 0.0287. The summed E-state index contributed by atoms with van der Waals surface area (Å²) in [5.41, 5.74) is 10.9. The molecule has 0 aliphatic carbocycles. The molecular weight excluding hydrogens is 284 g/mol. The Labute approximate surface area is 130 Å². The predicted octanol–water partition coefficient (Wildman–Crippen LogP) is 4.13. The van der Waals surface area contributed by atoms with E-state index in [9.17, 15) is 0 Å². The Hall–Kier alpha value is -2.00. The van der Waals surface area contributed by atoms with Gasteiger partial charge in [0.2, 0.25) is 0 Å². The van der Waals surface area contributed by atoms with Crippen LogP contribution in [-0.4, -0.2) is 5.84 Å². The summed E-state index contributed by atoms with van der Waals surface area (Å²) in [5, 5.41) is 8.16. The Bertz CT molecular complexity index is 672. The van der Waals surface area contributed by atoms with Crippen molar-refractivity contribution in [3.05, 3.63) is 63.2 Å². The Morgan fingerprint density at radius 2 is 1.76 bits per heavy atom. The first-order valence-corrected chi connectivity index (χ1v) is 7.09. The zero-order chi connectivity index (χ0) is 15.6. The Morgan fingerprint density at radius 1 is 1.14 bits per heavy atom. The second-order valence-corrected chi connectivity index (χ2v) is 5.66. The fourth-order valence-corrected chi connectivity index (χ4v) is 2.59. The summed E-state index contributed by atoms with van der Waals surface area (Å²) in [7, 11) is 0. The van der Waals surface area contributed by atoms with Crippen LogP contribution in [0.25, 0.3) is 0 Å². The average molecular weight is 303 g/mol. The highest BCUT2D eigenvalue weighted by atomic mass is 35.5. The van der Waals surface area contributed by atoms with E-state index in [4.69, 9.17) is 27.5 Å². The fraction of sp³-hybridized carbons (Fsp3) is 0.235. The lowest BCUT2D eigenvalue weighted by Gasteiger charge is -2.15. The molecule has 0 unspecified atom stereocenters. The molecule has 0 bridgehead atoms. The lowest BCUT2D eigenvalue weighted by atomic mass is 10.0. The number of aryl methyl sites for hydroxylation is 3. The second kappa shape index (κ2) is 6.19. The number of nitrogen functional groups attached to an aromatic ring is 1. The van der Waals surface area contributed by atoms with Crippen LogP contribution in [0.5, 0.6) is 5.75 Å². The highest BCUT2D eigenvalue weighted by Crippen LogP contribution is 2.25. The largest absolute Gasteiger partial charge is 0.488 e. The lowest BCUT2D eigenvalue weighted by molar-refractivity contribution is 0.304. The van der Waals surface area contributed by atoms with Gasteiger partial charge < -0.3 is 10.5 Å². The smallest absolute Gasteiger partial charge is 0.132 e. The van der Waals surface area contributed by atoms with Crippen LogP contribution in [0.2, 0.25) is 5.02 Å². The third-order valence-electron chi connectivity index (χ3n) is 3.45. The van der Waals surface area contributed by atoms with Gasteiger partial charge in [0, 0.05) is 5.02 Å². The van der Waals surface area contributed by atoms with Gasteiger partial charge in [0.15, 0.2) is 0 Å². The summed E-state index contributed by atoms with van der Waals surface area (Å²) in [6, 6.07) is 9.37. The third-order valence-corrected chi connectivity index (χ3v) is 3.68. The van der Waals surface area contributed by atoms with Crippen molar-refractivity contribution in [1.82, 2.24) is 0 Å². The van der Waals surface area contributed by atoms with Crippen LogP contribution in [0.15, 0.2) is 30.3 Å². The zero-order valence-corrected chi connectivity index (χ0v) is 13.2. The highest BCUT2D eigenvalue weighted by Gasteiger charge is 2.10. The van der Waals surface area contributed by atoms with Gasteiger partial charge in [0.25, 0.3) is 0 Å². The van der Waals surface area contributed by atoms with E-state index in [-0.39, 0.29) is 5.84 Å². The van der Waals surface area contributed by atoms with E-state index in [1.54, 1.807) is 18.2 Å². The van der Waals surface area contributed by atoms with Crippen LogP contribution < -0.4 is 10.5 Å². The molecule has 110 valence electrons. The second-order valence-electron chi connectivity index (χ2n) is 5.22. The van der Waals surface area contributed by atoms with Crippen molar-refractivity contribution in [1.29, 1.82) is 5.41 Å². The first-order chi connectivity index (χ1) is 9.88. The third kappa shape index (κ3) is 3.56. The number of nitrogens with two attached hydrogens (primary N) is 1. The van der Waals surface area contributed by atoms with Crippen LogP contribution in [0.1, 0.15) is 27.8 Å². The molecule has 4 heteroatoms. The SMILES string of the molecule is Cc1cc(C)c(COc2cc(Cl)ccc2C(=N)N)c(C)c1. The van der Waals surface area contributed by atoms with Gasteiger partial charge in [-0.3, -0.25) is 5.41 Å². The van der Waals surface area contributed by atoms with Gasteiger partial charge in [-0.25, -0.2) is 0 Å². The van der Waals surface area contributed by atoms with Crippen LogP contribution >= 0.6 is 11.6 Å². The Balaban J connectivity index is 2.28. The first kappa shape index (κ1) is 15.4. The minimum Gasteiger partial charge on any atom is -0.488 e. The molecule has 0 heterocycles. The molecule has 21 heavy (non-hydrogen) atoms. The van der Waals surface area contributed by atoms with E-state index in [0.717, 1.165) is 5.56 Å². The van der Waals surface area contributed by atoms with Gasteiger partial charge in [-0.15, -0.1) is 0 Å². The minimum atomic E-state index is -0.0287. The normalized spacial score (nSPS) is 10.5. The number of nitrogens with one attached hydrogen (secondary N) is 1. The summed E-state index contributed by atoms with van der Waals surface area (Å²) in [4.78, 5) is 0. The van der Waals surface area contributed by atoms with Crippen molar-refractivity contribution in [3.63, 3.8) is 0 Å². The van der Waals surface area contributed by atoms with Gasteiger partial charge in [-0.2, -0.15) is 0 Å². The number of hydrogen-bond acceptors (Lipinski definition) is 2. The topological polar surface area (TPSA) is 59.1 Å². The van der Waals surface area contributed by atoms with Crippen molar-refractivity contribution >= 4 is 17.4 Å². The van der Waals surface area contributed by atoms with Crippen LogP contribution in [0.4, 0.5) is 0 Å². The van der Waals surface area contributed by atoms with Crippen LogP contribution in [0.3, 0.4) is 0 Å². The summed E-state index contributed by atoms with van der Waals surface area (Å²) < 4.78 is 5.86. The molecule has 0 amide bonds. The molecule has 0 radical (unpaired) electrons. The molecule has 0 fully saturated rings. The molecule has 0 aliphatic rings. The molecule has 2 aromatic carbocycles. The fourth-order valence-electron chi connectivity index (χ4n) is 2.43. The van der Waals surface area contributed by atoms with E-state index < -0.39 is 0 Å². The molecule has 2 aromatic rings. The maximum atomic E-state index is 7.60. The van der Waals surface area contributed by atoms with Gasteiger partial charge in [0.05, 0.1) is 5.56 Å². The lowest BCUT2D eigenvalue weighted by Crippen LogP contribution is -2.13. The molecule has 0 atom stereocenters. The van der Waals surface area contributed by atoms with Crippen molar-refractivity contribution in [2.45, 2.75) is 27.4 Å². The molecule has 0 saturated heterocycles. The number of hydrogen-bond donors (Lipinski definition) is 2. The number of amidine groups is 1. The predicted molar refractivity (Wildman–Crippen MR) is 87.5 cm³/mol. The van der Waals surface area contributed by atoms with Crippen LogP contribution in [-0.2, 0) is 6.61 Å². The summed E-state index contributed by atoms with van der Waals surface area (Å²) in [5.74, 6) is 0.508. The summed E-state index contributed by atoms with van der Waals surface area (Å²) >= 11 is 6.00. The average Bonchev–Trinajstić information content (AvgIpc) is 2.37. The van der Waals surface area contributed by atoms with E-state index >= 15 is 0 Å². The molecule has 3 N–H and O–H groups in total. The van der Waals surface area contributed by atoms with Gasteiger partial charge >= 0.3 is 0 Å². The molecule has 2 rings (SSSR count). The van der Waals surface area contributed by atoms with Gasteiger partial charge in [-0.1, -0.05) is 29.3 Å². The van der Waals surface area contributed by atoms with E-state index in [0.29, 0.717) is 22.9 Å². The number of halogens is 1. The monoisotopic (exact) mass is 302 g/mol. The Morgan fingerprint density at radius 3 is 2.33 bits per heavy atom. The molecule has 0 aromatic heterocycles. The van der Waals surface area contributed by atoms with Crippen molar-refractivity contribution in [2.24, 2.45) is 5.73 Å². The van der Waals surface area contributed by atoms with Crippen molar-refractivity contribution in [2.75, 3.05) is 0 Å². The van der Waals surface area contributed by atoms with E-state index in [1.807, 2.05) is 0 Å². The molecule has 3 nitrogen and oxygen atoms in total. The maximum absolute atomic E-state index is 7.60. The number of benzene rings is 2. The number of ether oxygens (including phenoxy) is 1. The zero-order valence-electron chi connectivity index (χ0n) is 12.5. The summed E-state index contributed by atoms with van der Waals surface area (Å²) in [6.07, 6.45) is 0. The van der Waals surface area contributed by atoms with E-state index in [2.05, 4.69) is 32.9 Å².